The third-order valence-corrected chi connectivity index (χ3v) is 4.19. The van der Waals surface area contributed by atoms with Crippen LogP contribution in [0.15, 0.2) is 53.0 Å². The molecular weight excluding hydrogens is 330 g/mol. The molecule has 1 N–H and O–H groups in total. The van der Waals surface area contributed by atoms with E-state index in [1.54, 1.807) is 7.11 Å². The number of nitrogens with one attached hydrogen (secondary N) is 1. The lowest BCUT2D eigenvalue weighted by Gasteiger charge is -2.24. The molecule has 3 nitrogen and oxygen atoms in total. The van der Waals surface area contributed by atoms with Crippen molar-refractivity contribution in [1.82, 2.24) is 0 Å². The summed E-state index contributed by atoms with van der Waals surface area (Å²) >= 11 is 3.44. The molecule has 0 radical (unpaired) electrons. The number of methoxy groups -OCH3 is 1. The van der Waals surface area contributed by atoms with Crippen LogP contribution in [-0.4, -0.2) is 13.0 Å². The van der Waals surface area contributed by atoms with Gasteiger partial charge in [-0.25, -0.2) is 0 Å². The van der Waals surface area contributed by atoms with Crippen molar-refractivity contribution in [2.45, 2.75) is 19.3 Å². The lowest BCUT2D eigenvalue weighted by molar-refractivity contribution is -0.120. The third-order valence-electron chi connectivity index (χ3n) is 3.50. The van der Waals surface area contributed by atoms with E-state index < -0.39 is 5.41 Å². The first-order valence-corrected chi connectivity index (χ1v) is 7.45. The molecule has 21 heavy (non-hydrogen) atoms. The van der Waals surface area contributed by atoms with E-state index in [0.29, 0.717) is 0 Å². The molecule has 0 spiro atoms. The zero-order valence-electron chi connectivity index (χ0n) is 12.3. The van der Waals surface area contributed by atoms with Crippen molar-refractivity contribution in [3.05, 3.63) is 58.6 Å². The summed E-state index contributed by atoms with van der Waals surface area (Å²) < 4.78 is 6.01. The minimum atomic E-state index is -0.637. The fourth-order valence-electron chi connectivity index (χ4n) is 1.98. The Hall–Kier alpha value is -1.81. The number of halogens is 1. The lowest BCUT2D eigenvalue weighted by atomic mass is 9.83. The van der Waals surface area contributed by atoms with Gasteiger partial charge < -0.3 is 10.1 Å². The number of benzene rings is 2. The highest BCUT2D eigenvalue weighted by atomic mass is 79.9. The van der Waals surface area contributed by atoms with Gasteiger partial charge in [-0.05, 0) is 59.6 Å². The number of amides is 1. The number of carbonyl (C=O) groups excluding carboxylic acids is 1. The van der Waals surface area contributed by atoms with Crippen LogP contribution in [0.4, 0.5) is 5.69 Å². The number of para-hydroxylation sites is 1. The number of rotatable bonds is 4. The average Bonchev–Trinajstić information content (AvgIpc) is 2.49. The summed E-state index contributed by atoms with van der Waals surface area (Å²) in [6.45, 7) is 3.81. The molecule has 0 aliphatic heterocycles. The van der Waals surface area contributed by atoms with Crippen molar-refractivity contribution < 1.29 is 9.53 Å². The predicted octanol–water partition coefficient (Wildman–Crippen LogP) is 4.37. The average molecular weight is 348 g/mol. The first-order chi connectivity index (χ1) is 9.95. The van der Waals surface area contributed by atoms with E-state index in [1.165, 1.54) is 0 Å². The maximum absolute atomic E-state index is 12.6. The van der Waals surface area contributed by atoms with Gasteiger partial charge in [-0.3, -0.25) is 4.79 Å². The van der Waals surface area contributed by atoms with Gasteiger partial charge in [-0.15, -0.1) is 0 Å². The smallest absolute Gasteiger partial charge is 0.234 e. The maximum atomic E-state index is 12.6. The Morgan fingerprint density at radius 2 is 1.71 bits per heavy atom. The molecule has 0 bridgehead atoms. The summed E-state index contributed by atoms with van der Waals surface area (Å²) in [4.78, 5) is 12.6. The molecule has 2 aromatic rings. The Labute approximate surface area is 133 Å². The van der Waals surface area contributed by atoms with Crippen LogP contribution in [0.5, 0.6) is 5.75 Å². The van der Waals surface area contributed by atoms with Gasteiger partial charge in [-0.2, -0.15) is 0 Å². The van der Waals surface area contributed by atoms with Crippen LogP contribution in [0.25, 0.3) is 0 Å². The van der Waals surface area contributed by atoms with Crippen LogP contribution in [-0.2, 0) is 10.2 Å². The van der Waals surface area contributed by atoms with Gasteiger partial charge in [0.05, 0.1) is 18.2 Å². The zero-order valence-corrected chi connectivity index (χ0v) is 13.9. The van der Waals surface area contributed by atoms with Crippen molar-refractivity contribution >= 4 is 27.5 Å². The Balaban J connectivity index is 2.21. The molecule has 0 saturated carbocycles. The number of hydrogen-bond acceptors (Lipinski definition) is 2. The Morgan fingerprint density at radius 3 is 2.29 bits per heavy atom. The maximum Gasteiger partial charge on any atom is 0.234 e. The topological polar surface area (TPSA) is 38.3 Å². The van der Waals surface area contributed by atoms with Crippen molar-refractivity contribution in [2.24, 2.45) is 0 Å². The van der Waals surface area contributed by atoms with Crippen molar-refractivity contribution in [3.8, 4) is 5.75 Å². The first kappa shape index (κ1) is 15.6. The number of hydrogen-bond donors (Lipinski definition) is 1. The third kappa shape index (κ3) is 3.45. The van der Waals surface area contributed by atoms with Gasteiger partial charge in [0.2, 0.25) is 5.91 Å². The van der Waals surface area contributed by atoms with Crippen LogP contribution in [0, 0.1) is 0 Å². The van der Waals surface area contributed by atoms with Crippen LogP contribution in [0.1, 0.15) is 19.4 Å². The highest BCUT2D eigenvalue weighted by Crippen LogP contribution is 2.28. The molecule has 110 valence electrons. The SMILES string of the molecule is COc1ccc(C(C)(C)C(=O)Nc2ccccc2Br)cc1. The molecule has 0 unspecified atom stereocenters. The number of ether oxygens (including phenoxy) is 1. The van der Waals surface area contributed by atoms with Crippen molar-refractivity contribution in [2.75, 3.05) is 12.4 Å². The van der Waals surface area contributed by atoms with Crippen LogP contribution < -0.4 is 10.1 Å². The molecule has 1 amide bonds. The molecule has 0 heterocycles. The summed E-state index contributed by atoms with van der Waals surface area (Å²) in [6.07, 6.45) is 0. The molecule has 0 aliphatic rings. The van der Waals surface area contributed by atoms with Gasteiger partial charge in [0.1, 0.15) is 5.75 Å². The second kappa shape index (κ2) is 6.31. The monoisotopic (exact) mass is 347 g/mol. The van der Waals surface area contributed by atoms with Gasteiger partial charge in [0, 0.05) is 4.47 Å². The van der Waals surface area contributed by atoms with Gasteiger partial charge in [0.25, 0.3) is 0 Å². The number of anilines is 1. The van der Waals surface area contributed by atoms with Crippen LogP contribution >= 0.6 is 15.9 Å². The number of carbonyl (C=O) groups is 1. The van der Waals surface area contributed by atoms with Crippen LogP contribution in [0.3, 0.4) is 0 Å². The fourth-order valence-corrected chi connectivity index (χ4v) is 2.36. The molecule has 4 heteroatoms. The summed E-state index contributed by atoms with van der Waals surface area (Å²) in [5.41, 5.74) is 1.07. The largest absolute Gasteiger partial charge is 0.497 e. The predicted molar refractivity (Wildman–Crippen MR) is 88.8 cm³/mol. The van der Waals surface area contributed by atoms with E-state index in [2.05, 4.69) is 21.2 Å². The van der Waals surface area contributed by atoms with Gasteiger partial charge in [0.15, 0.2) is 0 Å². The second-order valence-corrected chi connectivity index (χ2v) is 6.14. The zero-order chi connectivity index (χ0) is 15.5. The molecule has 2 rings (SSSR count). The van der Waals surface area contributed by atoms with Crippen molar-refractivity contribution in [3.63, 3.8) is 0 Å². The molecule has 0 fully saturated rings. The molecular formula is C17H18BrNO2. The Kier molecular flexibility index (Phi) is 4.68. The highest BCUT2D eigenvalue weighted by Gasteiger charge is 2.30. The van der Waals surface area contributed by atoms with Crippen molar-refractivity contribution in [1.29, 1.82) is 0 Å². The Bertz CT molecular complexity index is 635. The minimum Gasteiger partial charge on any atom is -0.497 e. The van der Waals surface area contributed by atoms with E-state index in [1.807, 2.05) is 62.4 Å². The Morgan fingerprint density at radius 1 is 1.10 bits per heavy atom. The molecule has 0 atom stereocenters. The quantitative estimate of drug-likeness (QED) is 0.891. The standard InChI is InChI=1S/C17H18BrNO2/c1-17(2,12-8-10-13(21-3)11-9-12)16(20)19-15-7-5-4-6-14(15)18/h4-11H,1-3H3,(H,19,20). The van der Waals surface area contributed by atoms with E-state index in [9.17, 15) is 4.79 Å². The van der Waals surface area contributed by atoms with Gasteiger partial charge >= 0.3 is 0 Å². The highest BCUT2D eigenvalue weighted by molar-refractivity contribution is 9.10. The first-order valence-electron chi connectivity index (χ1n) is 6.65. The molecule has 2 aromatic carbocycles. The van der Waals surface area contributed by atoms with E-state index in [0.717, 1.165) is 21.5 Å². The summed E-state index contributed by atoms with van der Waals surface area (Å²) in [7, 11) is 1.62. The van der Waals surface area contributed by atoms with E-state index >= 15 is 0 Å². The van der Waals surface area contributed by atoms with E-state index in [4.69, 9.17) is 4.74 Å². The second-order valence-electron chi connectivity index (χ2n) is 5.29. The molecule has 0 saturated heterocycles. The molecule has 0 aliphatic carbocycles. The van der Waals surface area contributed by atoms with Crippen LogP contribution in [0.2, 0.25) is 0 Å². The van der Waals surface area contributed by atoms with E-state index in [-0.39, 0.29) is 5.91 Å². The lowest BCUT2D eigenvalue weighted by Crippen LogP contribution is -2.34. The van der Waals surface area contributed by atoms with Gasteiger partial charge in [-0.1, -0.05) is 24.3 Å². The minimum absolute atomic E-state index is 0.0560. The summed E-state index contributed by atoms with van der Waals surface area (Å²) in [5.74, 6) is 0.723. The molecule has 0 aromatic heterocycles. The summed E-state index contributed by atoms with van der Waals surface area (Å²) in [6, 6.07) is 15.1. The fraction of sp³-hybridized carbons (Fsp3) is 0.235. The normalized spacial score (nSPS) is 11.0. The summed E-state index contributed by atoms with van der Waals surface area (Å²) in [5, 5.41) is 2.96.